The average molecular weight is 371 g/mol. The first-order valence-electron chi connectivity index (χ1n) is 8.73. The Morgan fingerprint density at radius 2 is 1.88 bits per heavy atom. The van der Waals surface area contributed by atoms with Crippen molar-refractivity contribution in [2.45, 2.75) is 44.3 Å². The van der Waals surface area contributed by atoms with E-state index in [1.165, 1.54) is 12.1 Å². The van der Waals surface area contributed by atoms with Crippen molar-refractivity contribution < 1.29 is 22.8 Å². The van der Waals surface area contributed by atoms with Crippen LogP contribution in [-0.4, -0.2) is 42.4 Å². The quantitative estimate of drug-likeness (QED) is 0.804. The Hall–Kier alpha value is -2.09. The number of nitrogens with one attached hydrogen (secondary N) is 1. The highest BCUT2D eigenvalue weighted by Crippen LogP contribution is 2.29. The Morgan fingerprint density at radius 1 is 1.19 bits per heavy atom. The number of likely N-dealkylation sites (tertiary alicyclic amines) is 1. The average Bonchev–Trinajstić information content (AvgIpc) is 2.60. The van der Waals surface area contributed by atoms with Gasteiger partial charge in [0.1, 0.15) is 0 Å². The summed E-state index contributed by atoms with van der Waals surface area (Å²) in [6.45, 7) is 1.24. The molecule has 0 radical (unpaired) electrons. The maximum absolute atomic E-state index is 12.6. The minimum Gasteiger partial charge on any atom is -0.354 e. The molecule has 1 saturated heterocycles. The van der Waals surface area contributed by atoms with Gasteiger partial charge in [0, 0.05) is 32.1 Å². The van der Waals surface area contributed by atoms with Gasteiger partial charge in [-0.1, -0.05) is 12.1 Å². The van der Waals surface area contributed by atoms with E-state index in [1.54, 1.807) is 4.90 Å². The van der Waals surface area contributed by atoms with Crippen molar-refractivity contribution in [2.24, 2.45) is 5.73 Å². The summed E-state index contributed by atoms with van der Waals surface area (Å²) in [5.41, 5.74) is 5.15. The molecule has 0 spiro atoms. The number of amides is 2. The lowest BCUT2D eigenvalue weighted by Crippen LogP contribution is -2.50. The van der Waals surface area contributed by atoms with Crippen molar-refractivity contribution in [3.63, 3.8) is 0 Å². The highest BCUT2D eigenvalue weighted by molar-refractivity contribution is 5.79. The van der Waals surface area contributed by atoms with Gasteiger partial charge < -0.3 is 16.0 Å². The fourth-order valence-electron chi connectivity index (χ4n) is 3.08. The predicted molar refractivity (Wildman–Crippen MR) is 91.2 cm³/mol. The Bertz CT molecular complexity index is 617. The molecule has 2 amide bonds. The van der Waals surface area contributed by atoms with E-state index < -0.39 is 11.7 Å². The lowest BCUT2D eigenvalue weighted by Gasteiger charge is -2.36. The molecule has 144 valence electrons. The molecule has 1 aliphatic heterocycles. The van der Waals surface area contributed by atoms with Crippen LogP contribution < -0.4 is 11.1 Å². The van der Waals surface area contributed by atoms with Crippen LogP contribution in [0.5, 0.6) is 0 Å². The Balaban J connectivity index is 1.96. The molecule has 1 unspecified atom stereocenters. The largest absolute Gasteiger partial charge is 0.416 e. The van der Waals surface area contributed by atoms with Crippen LogP contribution in [0.4, 0.5) is 13.2 Å². The molecular weight excluding hydrogens is 347 g/mol. The van der Waals surface area contributed by atoms with Gasteiger partial charge >= 0.3 is 6.18 Å². The Morgan fingerprint density at radius 3 is 2.50 bits per heavy atom. The molecule has 0 saturated carbocycles. The molecule has 1 heterocycles. The number of hydrogen-bond acceptors (Lipinski definition) is 3. The third-order valence-corrected chi connectivity index (χ3v) is 4.49. The van der Waals surface area contributed by atoms with Gasteiger partial charge in [0.15, 0.2) is 0 Å². The van der Waals surface area contributed by atoms with Gasteiger partial charge in [0.05, 0.1) is 12.0 Å². The van der Waals surface area contributed by atoms with Crippen LogP contribution in [0.15, 0.2) is 24.3 Å². The predicted octanol–water partition coefficient (Wildman–Crippen LogP) is 2.09. The number of alkyl halides is 3. The van der Waals surface area contributed by atoms with Gasteiger partial charge in [-0.3, -0.25) is 9.59 Å². The summed E-state index contributed by atoms with van der Waals surface area (Å²) >= 11 is 0. The summed E-state index contributed by atoms with van der Waals surface area (Å²) in [6, 6.07) is 4.56. The summed E-state index contributed by atoms with van der Waals surface area (Å²) in [7, 11) is 0. The first-order valence-corrected chi connectivity index (χ1v) is 8.73. The normalized spacial score (nSPS) is 17.8. The number of hydrogen-bond donors (Lipinski definition) is 2. The molecule has 1 aromatic carbocycles. The van der Waals surface area contributed by atoms with Crippen molar-refractivity contribution in [1.29, 1.82) is 0 Å². The van der Waals surface area contributed by atoms with Gasteiger partial charge in [-0.25, -0.2) is 0 Å². The number of carbonyl (C=O) groups excluding carboxylic acids is 2. The third kappa shape index (κ3) is 5.72. The van der Waals surface area contributed by atoms with Crippen molar-refractivity contribution in [2.75, 3.05) is 19.6 Å². The summed E-state index contributed by atoms with van der Waals surface area (Å²) in [6.07, 6.45) is -1.45. The molecule has 26 heavy (non-hydrogen) atoms. The zero-order chi connectivity index (χ0) is 19.2. The molecule has 1 atom stereocenters. The van der Waals surface area contributed by atoms with Gasteiger partial charge in [0.2, 0.25) is 11.8 Å². The van der Waals surface area contributed by atoms with Gasteiger partial charge in [-0.2, -0.15) is 13.2 Å². The molecule has 0 aromatic heterocycles. The van der Waals surface area contributed by atoms with E-state index in [0.717, 1.165) is 31.4 Å². The fourth-order valence-corrected chi connectivity index (χ4v) is 3.08. The van der Waals surface area contributed by atoms with E-state index in [9.17, 15) is 22.8 Å². The minimum absolute atomic E-state index is 0.0470. The zero-order valence-electron chi connectivity index (χ0n) is 14.5. The smallest absolute Gasteiger partial charge is 0.354 e. The number of nitrogens with two attached hydrogens (primary N) is 1. The maximum Gasteiger partial charge on any atom is 0.416 e. The van der Waals surface area contributed by atoms with Crippen LogP contribution in [0.3, 0.4) is 0 Å². The number of nitrogens with zero attached hydrogens (tertiary/aromatic N) is 1. The van der Waals surface area contributed by atoms with E-state index in [4.69, 9.17) is 5.73 Å². The van der Waals surface area contributed by atoms with Crippen LogP contribution >= 0.6 is 0 Å². The standard InChI is InChI=1S/C18H24F3N3O2/c19-18(20,21)14-6-4-13(5-7-14)11-17(26)24-10-2-1-3-15(24)12-23-16(25)8-9-22/h4-7,15H,1-3,8-12,22H2,(H,23,25). The number of halogens is 3. The minimum atomic E-state index is -4.39. The van der Waals surface area contributed by atoms with Crippen molar-refractivity contribution in [3.8, 4) is 0 Å². The Kier molecular flexibility index (Phi) is 7.02. The zero-order valence-corrected chi connectivity index (χ0v) is 14.5. The van der Waals surface area contributed by atoms with Crippen LogP contribution in [0.2, 0.25) is 0 Å². The van der Waals surface area contributed by atoms with Gasteiger partial charge in [0.25, 0.3) is 0 Å². The second-order valence-electron chi connectivity index (χ2n) is 6.45. The summed E-state index contributed by atoms with van der Waals surface area (Å²) in [5.74, 6) is -0.282. The van der Waals surface area contributed by atoms with Crippen molar-refractivity contribution in [3.05, 3.63) is 35.4 Å². The van der Waals surface area contributed by atoms with E-state index >= 15 is 0 Å². The monoisotopic (exact) mass is 371 g/mol. The lowest BCUT2D eigenvalue weighted by atomic mass is 10.00. The SMILES string of the molecule is NCCC(=O)NCC1CCCCN1C(=O)Cc1ccc(C(F)(F)F)cc1. The topological polar surface area (TPSA) is 75.4 Å². The van der Waals surface area contributed by atoms with Crippen LogP contribution in [0, 0.1) is 0 Å². The molecule has 5 nitrogen and oxygen atoms in total. The van der Waals surface area contributed by atoms with Crippen molar-refractivity contribution >= 4 is 11.8 Å². The highest BCUT2D eigenvalue weighted by atomic mass is 19.4. The summed E-state index contributed by atoms with van der Waals surface area (Å²) in [4.78, 5) is 25.9. The van der Waals surface area contributed by atoms with Crippen molar-refractivity contribution in [1.82, 2.24) is 10.2 Å². The molecule has 1 aromatic rings. The van der Waals surface area contributed by atoms with E-state index in [1.807, 2.05) is 0 Å². The maximum atomic E-state index is 12.6. The number of rotatable bonds is 6. The number of piperidine rings is 1. The third-order valence-electron chi connectivity index (χ3n) is 4.49. The van der Waals surface area contributed by atoms with E-state index in [-0.39, 0.29) is 37.2 Å². The first kappa shape index (κ1) is 20.2. The molecule has 0 aliphatic carbocycles. The highest BCUT2D eigenvalue weighted by Gasteiger charge is 2.30. The van der Waals surface area contributed by atoms with E-state index in [0.29, 0.717) is 18.7 Å². The second kappa shape index (κ2) is 9.02. The van der Waals surface area contributed by atoms with Gasteiger partial charge in [-0.15, -0.1) is 0 Å². The van der Waals surface area contributed by atoms with Crippen LogP contribution in [0.1, 0.15) is 36.8 Å². The molecule has 3 N–H and O–H groups in total. The molecule has 2 rings (SSSR count). The lowest BCUT2D eigenvalue weighted by molar-refractivity contribution is -0.137. The second-order valence-corrected chi connectivity index (χ2v) is 6.45. The number of benzene rings is 1. The van der Waals surface area contributed by atoms with E-state index in [2.05, 4.69) is 5.32 Å². The molecule has 1 aliphatic rings. The molecule has 1 fully saturated rings. The Labute approximate surface area is 150 Å². The summed E-state index contributed by atoms with van der Waals surface area (Å²) in [5, 5.41) is 2.79. The molecule has 0 bridgehead atoms. The number of carbonyl (C=O) groups is 2. The van der Waals surface area contributed by atoms with Crippen LogP contribution in [0.25, 0.3) is 0 Å². The molecular formula is C18H24F3N3O2. The fraction of sp³-hybridized carbons (Fsp3) is 0.556. The molecule has 8 heteroatoms. The summed E-state index contributed by atoms with van der Waals surface area (Å²) < 4.78 is 37.8. The van der Waals surface area contributed by atoms with Crippen LogP contribution in [-0.2, 0) is 22.2 Å². The first-order chi connectivity index (χ1) is 12.3. The van der Waals surface area contributed by atoms with Gasteiger partial charge in [-0.05, 0) is 37.0 Å².